The molecule has 0 bridgehead atoms. The van der Waals surface area contributed by atoms with Crippen LogP contribution in [0.5, 0.6) is 0 Å². The van der Waals surface area contributed by atoms with E-state index >= 15 is 0 Å². The summed E-state index contributed by atoms with van der Waals surface area (Å²) in [5, 5.41) is 4.86. The number of nitrogens with two attached hydrogens (primary N) is 1. The molecule has 0 amide bonds. The van der Waals surface area contributed by atoms with Gasteiger partial charge in [-0.05, 0) is 24.3 Å². The molecule has 6 heteroatoms. The molecule has 18 heavy (non-hydrogen) atoms. The minimum atomic E-state index is -0.222. The van der Waals surface area contributed by atoms with E-state index in [1.54, 1.807) is 12.1 Å². The lowest BCUT2D eigenvalue weighted by atomic mass is 10.2. The molecule has 2 heterocycles. The topological polar surface area (TPSA) is 60.9 Å². The minimum absolute atomic E-state index is 0.222. The predicted octanol–water partition coefficient (Wildman–Crippen LogP) is 3.02. The summed E-state index contributed by atoms with van der Waals surface area (Å²) >= 11 is 7.05. The van der Waals surface area contributed by atoms with E-state index in [1.165, 1.54) is 16.0 Å². The molecule has 0 atom stereocenters. The third-order valence-corrected chi connectivity index (χ3v) is 3.81. The van der Waals surface area contributed by atoms with Crippen molar-refractivity contribution in [1.29, 1.82) is 0 Å². The number of halogens is 1. The van der Waals surface area contributed by atoms with Crippen molar-refractivity contribution in [3.8, 4) is 0 Å². The molecular formula is C12H8ClN3OS. The van der Waals surface area contributed by atoms with Crippen LogP contribution in [0.2, 0.25) is 4.34 Å². The number of anilines is 1. The molecule has 0 fully saturated rings. The molecule has 0 aliphatic heterocycles. The largest absolute Gasteiger partial charge is 0.382 e. The molecule has 2 aromatic heterocycles. The van der Waals surface area contributed by atoms with Crippen LogP contribution in [-0.2, 0) is 0 Å². The van der Waals surface area contributed by atoms with Crippen molar-refractivity contribution in [2.75, 3.05) is 5.73 Å². The van der Waals surface area contributed by atoms with Crippen molar-refractivity contribution in [2.45, 2.75) is 0 Å². The van der Waals surface area contributed by atoms with Gasteiger partial charge in [-0.2, -0.15) is 4.68 Å². The fraction of sp³-hybridized carbons (Fsp3) is 0. The van der Waals surface area contributed by atoms with Crippen molar-refractivity contribution in [1.82, 2.24) is 9.78 Å². The van der Waals surface area contributed by atoms with Gasteiger partial charge in [0.25, 0.3) is 5.91 Å². The number of thiophene rings is 1. The molecule has 0 aliphatic carbocycles. The average molecular weight is 278 g/mol. The molecule has 4 nitrogen and oxygen atoms in total. The van der Waals surface area contributed by atoms with Crippen LogP contribution in [0.3, 0.4) is 0 Å². The van der Waals surface area contributed by atoms with Crippen LogP contribution >= 0.6 is 22.9 Å². The smallest absolute Gasteiger partial charge is 0.288 e. The maximum atomic E-state index is 12.3. The van der Waals surface area contributed by atoms with E-state index in [9.17, 15) is 4.79 Å². The second-order valence-corrected chi connectivity index (χ2v) is 5.44. The first-order valence-corrected chi connectivity index (χ1v) is 6.39. The summed E-state index contributed by atoms with van der Waals surface area (Å²) in [7, 11) is 0. The molecular weight excluding hydrogens is 270 g/mol. The molecule has 0 unspecified atom stereocenters. The Kier molecular flexibility index (Phi) is 2.57. The van der Waals surface area contributed by atoms with Crippen LogP contribution in [0.15, 0.2) is 36.4 Å². The SMILES string of the molecule is Nc1nn(C(=O)c2ccc(Cl)s2)c2ccccc12. The number of aromatic nitrogens is 2. The van der Waals surface area contributed by atoms with Gasteiger partial charge in [0.1, 0.15) is 0 Å². The van der Waals surface area contributed by atoms with Gasteiger partial charge in [0.2, 0.25) is 0 Å². The van der Waals surface area contributed by atoms with Crippen LogP contribution in [0, 0.1) is 0 Å². The van der Waals surface area contributed by atoms with Gasteiger partial charge < -0.3 is 5.73 Å². The lowest BCUT2D eigenvalue weighted by Crippen LogP contribution is -2.12. The monoisotopic (exact) mass is 277 g/mol. The fourth-order valence-electron chi connectivity index (χ4n) is 1.78. The number of rotatable bonds is 1. The Balaban J connectivity index is 2.18. The fourth-order valence-corrected chi connectivity index (χ4v) is 2.75. The second-order valence-electron chi connectivity index (χ2n) is 3.72. The Morgan fingerprint density at radius 3 is 2.78 bits per heavy atom. The Hall–Kier alpha value is -1.85. The number of benzene rings is 1. The van der Waals surface area contributed by atoms with Gasteiger partial charge in [-0.3, -0.25) is 4.79 Å². The third-order valence-electron chi connectivity index (χ3n) is 2.59. The third kappa shape index (κ3) is 1.68. The molecule has 0 spiro atoms. The number of carbonyl (C=O) groups excluding carboxylic acids is 1. The van der Waals surface area contributed by atoms with E-state index in [4.69, 9.17) is 17.3 Å². The van der Waals surface area contributed by atoms with E-state index in [0.717, 1.165) is 5.39 Å². The Bertz CT molecular complexity index is 747. The highest BCUT2D eigenvalue weighted by Crippen LogP contribution is 2.25. The molecule has 3 rings (SSSR count). The highest BCUT2D eigenvalue weighted by Gasteiger charge is 2.16. The lowest BCUT2D eigenvalue weighted by Gasteiger charge is -1.98. The van der Waals surface area contributed by atoms with Gasteiger partial charge >= 0.3 is 0 Å². The molecule has 3 aromatic rings. The van der Waals surface area contributed by atoms with E-state index < -0.39 is 0 Å². The van der Waals surface area contributed by atoms with Crippen LogP contribution in [0.4, 0.5) is 5.82 Å². The highest BCUT2D eigenvalue weighted by atomic mass is 35.5. The molecule has 0 saturated carbocycles. The molecule has 0 aliphatic rings. The predicted molar refractivity (Wildman–Crippen MR) is 73.2 cm³/mol. The summed E-state index contributed by atoms with van der Waals surface area (Å²) in [5.41, 5.74) is 6.49. The number of nitrogens with zero attached hydrogens (tertiary/aromatic N) is 2. The van der Waals surface area contributed by atoms with Gasteiger partial charge in [-0.15, -0.1) is 16.4 Å². The minimum Gasteiger partial charge on any atom is -0.382 e. The Morgan fingerprint density at radius 1 is 1.28 bits per heavy atom. The molecule has 0 saturated heterocycles. The normalized spacial score (nSPS) is 10.9. The number of hydrogen-bond donors (Lipinski definition) is 1. The zero-order valence-electron chi connectivity index (χ0n) is 9.13. The summed E-state index contributed by atoms with van der Waals surface area (Å²) in [4.78, 5) is 12.8. The van der Waals surface area contributed by atoms with E-state index in [-0.39, 0.29) is 5.91 Å². The van der Waals surface area contributed by atoms with Crippen molar-refractivity contribution < 1.29 is 4.79 Å². The first-order chi connectivity index (χ1) is 8.66. The van der Waals surface area contributed by atoms with Gasteiger partial charge in [-0.1, -0.05) is 23.7 Å². The highest BCUT2D eigenvalue weighted by molar-refractivity contribution is 7.18. The first kappa shape index (κ1) is 11.3. The lowest BCUT2D eigenvalue weighted by molar-refractivity contribution is 0.0955. The number of fused-ring (bicyclic) bond motifs is 1. The molecule has 90 valence electrons. The number of para-hydroxylation sites is 1. The number of carbonyl (C=O) groups is 1. The first-order valence-electron chi connectivity index (χ1n) is 5.20. The Morgan fingerprint density at radius 2 is 2.06 bits per heavy atom. The van der Waals surface area contributed by atoms with Gasteiger partial charge in [-0.25, -0.2) is 0 Å². The zero-order valence-corrected chi connectivity index (χ0v) is 10.7. The molecule has 1 aromatic carbocycles. The average Bonchev–Trinajstić information content (AvgIpc) is 2.94. The molecule has 2 N–H and O–H groups in total. The molecule has 0 radical (unpaired) electrons. The number of nitrogen functional groups attached to an aromatic ring is 1. The van der Waals surface area contributed by atoms with Crippen molar-refractivity contribution >= 4 is 45.6 Å². The van der Waals surface area contributed by atoms with Gasteiger partial charge in [0, 0.05) is 5.39 Å². The van der Waals surface area contributed by atoms with E-state index in [1.807, 2.05) is 24.3 Å². The van der Waals surface area contributed by atoms with Crippen molar-refractivity contribution in [3.63, 3.8) is 0 Å². The van der Waals surface area contributed by atoms with E-state index in [2.05, 4.69) is 5.10 Å². The summed E-state index contributed by atoms with van der Waals surface area (Å²) in [5.74, 6) is 0.126. The maximum Gasteiger partial charge on any atom is 0.288 e. The van der Waals surface area contributed by atoms with Crippen LogP contribution < -0.4 is 5.73 Å². The summed E-state index contributed by atoms with van der Waals surface area (Å²) in [6, 6.07) is 10.7. The summed E-state index contributed by atoms with van der Waals surface area (Å²) in [6.45, 7) is 0. The van der Waals surface area contributed by atoms with Crippen LogP contribution in [0.1, 0.15) is 9.67 Å². The second kappa shape index (κ2) is 4.12. The van der Waals surface area contributed by atoms with Crippen molar-refractivity contribution in [2.24, 2.45) is 0 Å². The van der Waals surface area contributed by atoms with Crippen molar-refractivity contribution in [3.05, 3.63) is 45.6 Å². The zero-order chi connectivity index (χ0) is 12.7. The number of hydrogen-bond acceptors (Lipinski definition) is 4. The Labute approximate surface area is 112 Å². The standard InChI is InChI=1S/C12H8ClN3OS/c13-10-6-5-9(18-10)12(17)16-8-4-2-1-3-7(8)11(14)15-16/h1-6H,(H2,14,15). The van der Waals surface area contributed by atoms with Gasteiger partial charge in [0.15, 0.2) is 5.82 Å². The van der Waals surface area contributed by atoms with Crippen LogP contribution in [0.25, 0.3) is 10.9 Å². The summed E-state index contributed by atoms with van der Waals surface area (Å²) < 4.78 is 1.88. The quantitative estimate of drug-likeness (QED) is 0.744. The van der Waals surface area contributed by atoms with Gasteiger partial charge in [0.05, 0.1) is 14.7 Å². The van der Waals surface area contributed by atoms with Crippen LogP contribution in [-0.4, -0.2) is 15.7 Å². The maximum absolute atomic E-state index is 12.3. The summed E-state index contributed by atoms with van der Waals surface area (Å²) in [6.07, 6.45) is 0. The van der Waals surface area contributed by atoms with E-state index in [0.29, 0.717) is 20.5 Å².